The molecule has 1 aromatic carbocycles. The van der Waals surface area contributed by atoms with Gasteiger partial charge in [-0.2, -0.15) is 0 Å². The lowest BCUT2D eigenvalue weighted by Crippen LogP contribution is -2.31. The molecule has 94 valence electrons. The smallest absolute Gasteiger partial charge is 0.0421 e. The quantitative estimate of drug-likeness (QED) is 0.837. The van der Waals surface area contributed by atoms with E-state index in [1.54, 1.807) is 0 Å². The highest BCUT2D eigenvalue weighted by atomic mass is 15.1. The Kier molecular flexibility index (Phi) is 3.04. The van der Waals surface area contributed by atoms with E-state index >= 15 is 0 Å². The summed E-state index contributed by atoms with van der Waals surface area (Å²) in [7, 11) is 0. The first-order valence-electron chi connectivity index (χ1n) is 6.41. The van der Waals surface area contributed by atoms with Crippen molar-refractivity contribution in [3.63, 3.8) is 0 Å². The van der Waals surface area contributed by atoms with Crippen LogP contribution in [0.1, 0.15) is 39.3 Å². The molecule has 1 atom stereocenters. The molecule has 1 aliphatic rings. The average Bonchev–Trinajstić information content (AvgIpc) is 2.68. The van der Waals surface area contributed by atoms with Crippen molar-refractivity contribution in [3.05, 3.63) is 35.9 Å². The summed E-state index contributed by atoms with van der Waals surface area (Å²) in [6, 6.07) is 11.0. The van der Waals surface area contributed by atoms with E-state index in [0.717, 1.165) is 6.54 Å². The number of nitrogens with one attached hydrogen (secondary N) is 1. The molecule has 0 radical (unpaired) electrons. The van der Waals surface area contributed by atoms with E-state index in [2.05, 4.69) is 45.1 Å². The predicted octanol–water partition coefficient (Wildman–Crippen LogP) is 2.71. The first kappa shape index (κ1) is 12.6. The molecule has 3 N–H and O–H groups in total. The summed E-state index contributed by atoms with van der Waals surface area (Å²) >= 11 is 0. The monoisotopic (exact) mass is 232 g/mol. The first-order chi connectivity index (χ1) is 7.87. The standard InChI is InChI=1S/C15H24N2/c1-14(2)13(15(14,3)4)17-10-12(16)11-8-6-5-7-9-11/h5-9,12-13,17H,10,16H2,1-4H3. The molecule has 1 fully saturated rings. The van der Waals surface area contributed by atoms with Crippen LogP contribution in [0, 0.1) is 10.8 Å². The summed E-state index contributed by atoms with van der Waals surface area (Å²) in [4.78, 5) is 0. The van der Waals surface area contributed by atoms with Crippen molar-refractivity contribution in [2.24, 2.45) is 16.6 Å². The summed E-state index contributed by atoms with van der Waals surface area (Å²) < 4.78 is 0. The largest absolute Gasteiger partial charge is 0.323 e. The second kappa shape index (κ2) is 4.11. The molecular formula is C15H24N2. The average molecular weight is 232 g/mol. The lowest BCUT2D eigenvalue weighted by Gasteiger charge is -2.14. The van der Waals surface area contributed by atoms with E-state index in [1.165, 1.54) is 5.56 Å². The number of rotatable bonds is 4. The van der Waals surface area contributed by atoms with Crippen molar-refractivity contribution in [2.75, 3.05) is 6.54 Å². The fraction of sp³-hybridized carbons (Fsp3) is 0.600. The van der Waals surface area contributed by atoms with E-state index < -0.39 is 0 Å². The van der Waals surface area contributed by atoms with Crippen LogP contribution in [0.5, 0.6) is 0 Å². The third kappa shape index (κ3) is 2.12. The Morgan fingerprint density at radius 3 is 2.12 bits per heavy atom. The zero-order chi connectivity index (χ0) is 12.7. The summed E-state index contributed by atoms with van der Waals surface area (Å²) in [5, 5.41) is 3.61. The highest BCUT2D eigenvalue weighted by Gasteiger charge is 2.64. The van der Waals surface area contributed by atoms with Crippen LogP contribution < -0.4 is 11.1 Å². The predicted molar refractivity (Wildman–Crippen MR) is 72.7 cm³/mol. The molecule has 1 aliphatic carbocycles. The van der Waals surface area contributed by atoms with Gasteiger partial charge in [0.05, 0.1) is 0 Å². The van der Waals surface area contributed by atoms with Crippen LogP contribution in [0.3, 0.4) is 0 Å². The fourth-order valence-corrected chi connectivity index (χ4v) is 2.77. The van der Waals surface area contributed by atoms with Crippen LogP contribution in [0.4, 0.5) is 0 Å². The summed E-state index contributed by atoms with van der Waals surface area (Å²) in [5.41, 5.74) is 8.15. The lowest BCUT2D eigenvalue weighted by atomic mass is 10.0. The Morgan fingerprint density at radius 2 is 1.65 bits per heavy atom. The van der Waals surface area contributed by atoms with Crippen LogP contribution in [0.2, 0.25) is 0 Å². The van der Waals surface area contributed by atoms with Crippen LogP contribution in [0.25, 0.3) is 0 Å². The summed E-state index contributed by atoms with van der Waals surface area (Å²) in [6.45, 7) is 10.1. The van der Waals surface area contributed by atoms with Gasteiger partial charge >= 0.3 is 0 Å². The maximum Gasteiger partial charge on any atom is 0.0421 e. The number of hydrogen-bond acceptors (Lipinski definition) is 2. The summed E-state index contributed by atoms with van der Waals surface area (Å²) in [6.07, 6.45) is 0. The Labute approximate surface area is 105 Å². The first-order valence-corrected chi connectivity index (χ1v) is 6.41. The Morgan fingerprint density at radius 1 is 1.12 bits per heavy atom. The summed E-state index contributed by atoms with van der Waals surface area (Å²) in [5.74, 6) is 0. The molecule has 2 heteroatoms. The molecular weight excluding hydrogens is 208 g/mol. The van der Waals surface area contributed by atoms with Gasteiger partial charge in [-0.1, -0.05) is 58.0 Å². The van der Waals surface area contributed by atoms with E-state index in [4.69, 9.17) is 5.73 Å². The Balaban J connectivity index is 1.89. The van der Waals surface area contributed by atoms with Crippen molar-refractivity contribution in [1.82, 2.24) is 5.32 Å². The molecule has 0 spiro atoms. The molecule has 2 nitrogen and oxygen atoms in total. The van der Waals surface area contributed by atoms with Gasteiger partial charge < -0.3 is 11.1 Å². The van der Waals surface area contributed by atoms with Crippen LogP contribution in [-0.4, -0.2) is 12.6 Å². The van der Waals surface area contributed by atoms with Gasteiger partial charge in [-0.15, -0.1) is 0 Å². The van der Waals surface area contributed by atoms with E-state index in [9.17, 15) is 0 Å². The topological polar surface area (TPSA) is 38.0 Å². The highest BCUT2D eigenvalue weighted by molar-refractivity contribution is 5.21. The van der Waals surface area contributed by atoms with Crippen molar-refractivity contribution >= 4 is 0 Å². The third-order valence-corrected chi connectivity index (χ3v) is 4.79. The third-order valence-electron chi connectivity index (χ3n) is 4.79. The van der Waals surface area contributed by atoms with Gasteiger partial charge in [0.1, 0.15) is 0 Å². The lowest BCUT2D eigenvalue weighted by molar-refractivity contribution is 0.457. The molecule has 1 saturated carbocycles. The van der Waals surface area contributed by atoms with Crippen LogP contribution in [0.15, 0.2) is 30.3 Å². The Hall–Kier alpha value is -0.860. The van der Waals surface area contributed by atoms with E-state index in [-0.39, 0.29) is 6.04 Å². The van der Waals surface area contributed by atoms with E-state index in [1.807, 2.05) is 18.2 Å². The minimum atomic E-state index is 0.0865. The van der Waals surface area contributed by atoms with Gasteiger partial charge in [-0.3, -0.25) is 0 Å². The zero-order valence-corrected chi connectivity index (χ0v) is 11.3. The molecule has 17 heavy (non-hydrogen) atoms. The van der Waals surface area contributed by atoms with Gasteiger partial charge in [0, 0.05) is 18.6 Å². The highest BCUT2D eigenvalue weighted by Crippen LogP contribution is 2.62. The molecule has 0 amide bonds. The van der Waals surface area contributed by atoms with Crippen molar-refractivity contribution in [3.8, 4) is 0 Å². The van der Waals surface area contributed by atoms with Gasteiger partial charge in [0.2, 0.25) is 0 Å². The van der Waals surface area contributed by atoms with Crippen molar-refractivity contribution < 1.29 is 0 Å². The minimum Gasteiger partial charge on any atom is -0.323 e. The van der Waals surface area contributed by atoms with Gasteiger partial charge in [-0.25, -0.2) is 0 Å². The molecule has 0 aromatic heterocycles. The molecule has 1 unspecified atom stereocenters. The second-order valence-electron chi connectivity index (χ2n) is 6.30. The molecule has 0 aliphatic heterocycles. The zero-order valence-electron chi connectivity index (χ0n) is 11.3. The van der Waals surface area contributed by atoms with Gasteiger partial charge in [-0.05, 0) is 16.4 Å². The molecule has 1 aromatic rings. The minimum absolute atomic E-state index is 0.0865. The van der Waals surface area contributed by atoms with Crippen LogP contribution >= 0.6 is 0 Å². The van der Waals surface area contributed by atoms with Crippen molar-refractivity contribution in [2.45, 2.75) is 39.8 Å². The van der Waals surface area contributed by atoms with Crippen LogP contribution in [-0.2, 0) is 0 Å². The molecule has 2 rings (SSSR count). The maximum atomic E-state index is 6.19. The van der Waals surface area contributed by atoms with Crippen molar-refractivity contribution in [1.29, 1.82) is 0 Å². The number of hydrogen-bond donors (Lipinski definition) is 2. The maximum absolute atomic E-state index is 6.19. The normalized spacial score (nSPS) is 23.4. The van der Waals surface area contributed by atoms with Gasteiger partial charge in [0.25, 0.3) is 0 Å². The number of nitrogens with two attached hydrogens (primary N) is 1. The molecule has 0 heterocycles. The van der Waals surface area contributed by atoms with E-state index in [0.29, 0.717) is 16.9 Å². The second-order valence-corrected chi connectivity index (χ2v) is 6.30. The number of benzene rings is 1. The SMILES string of the molecule is CC1(C)C(NCC(N)c2ccccc2)C1(C)C. The van der Waals surface area contributed by atoms with Gasteiger partial charge in [0.15, 0.2) is 0 Å². The molecule has 0 saturated heterocycles. The fourth-order valence-electron chi connectivity index (χ4n) is 2.77. The Bertz CT molecular complexity index is 367. The molecule has 0 bridgehead atoms.